The van der Waals surface area contributed by atoms with Crippen LogP contribution in [0.25, 0.3) is 5.57 Å². The van der Waals surface area contributed by atoms with Crippen LogP contribution in [0.1, 0.15) is 74.3 Å². The third-order valence-electron chi connectivity index (χ3n) is 9.08. The van der Waals surface area contributed by atoms with Gasteiger partial charge in [0.25, 0.3) is 10.1 Å². The Hall–Kier alpha value is -4.52. The molecule has 0 radical (unpaired) electrons. The lowest BCUT2D eigenvalue weighted by Gasteiger charge is -2.28. The number of allylic oxidation sites excluding steroid dienone is 5. The molecule has 1 aliphatic rings. The Labute approximate surface area is 293 Å². The van der Waals surface area contributed by atoms with Crippen LogP contribution < -0.4 is 4.90 Å². The Kier molecular flexibility index (Phi) is 11.5. The van der Waals surface area contributed by atoms with E-state index in [4.69, 9.17) is 0 Å². The second-order valence-electron chi connectivity index (χ2n) is 13.0. The number of benzene rings is 4. The van der Waals surface area contributed by atoms with Crippen LogP contribution in [-0.2, 0) is 10.1 Å². The lowest BCUT2D eigenvalue weighted by atomic mass is 9.88. The third-order valence-corrected chi connectivity index (χ3v) is 10.00. The van der Waals surface area contributed by atoms with Gasteiger partial charge in [0.05, 0.1) is 0 Å². The summed E-state index contributed by atoms with van der Waals surface area (Å²) in [6.07, 6.45) is 10.6. The lowest BCUT2D eigenvalue weighted by Crippen LogP contribution is -2.20. The van der Waals surface area contributed by atoms with Crippen LogP contribution >= 0.6 is 0 Å². The standard InChI is InChI=1S/C43H48N2O3S/c1-7-9-25-44(37-17-13-15-31(3)27-37)40-23-21-35(29-33(40)5)43(39-19-11-12-20-42(39)49(46,47)48)36-22-24-41(34(6)30-36)45(26-10-8-2)38-18-14-16-32(4)28-38/h11-24,27-30H,7-10,25-26H2,1-6H3/p+1. The molecular weight excluding hydrogens is 625 g/mol. The molecule has 0 bridgehead atoms. The van der Waals surface area contributed by atoms with Gasteiger partial charge in [0.2, 0.25) is 11.4 Å². The Balaban J connectivity index is 1.71. The molecule has 0 aromatic heterocycles. The van der Waals surface area contributed by atoms with Gasteiger partial charge in [-0.3, -0.25) is 4.55 Å². The van der Waals surface area contributed by atoms with E-state index < -0.39 is 10.1 Å². The molecule has 6 heteroatoms. The first-order chi connectivity index (χ1) is 23.5. The minimum absolute atomic E-state index is 0.109. The second kappa shape index (κ2) is 15.8. The van der Waals surface area contributed by atoms with E-state index in [1.165, 1.54) is 17.2 Å². The largest absolute Gasteiger partial charge is 0.341 e. The minimum Gasteiger partial charge on any atom is -0.341 e. The van der Waals surface area contributed by atoms with Crippen LogP contribution in [0.15, 0.2) is 125 Å². The van der Waals surface area contributed by atoms with Crippen molar-refractivity contribution in [1.29, 1.82) is 0 Å². The van der Waals surface area contributed by atoms with E-state index in [1.54, 1.807) is 12.1 Å². The number of anilines is 2. The molecule has 0 aliphatic heterocycles. The molecule has 0 heterocycles. The monoisotopic (exact) mass is 673 g/mol. The second-order valence-corrected chi connectivity index (χ2v) is 14.4. The third kappa shape index (κ3) is 8.38. The van der Waals surface area contributed by atoms with Crippen molar-refractivity contribution in [3.8, 4) is 0 Å². The highest BCUT2D eigenvalue weighted by atomic mass is 32.2. The van der Waals surface area contributed by atoms with Gasteiger partial charge in [0.15, 0.2) is 0 Å². The molecule has 5 rings (SSSR count). The molecule has 0 saturated carbocycles. The molecule has 49 heavy (non-hydrogen) atoms. The van der Waals surface area contributed by atoms with E-state index in [9.17, 15) is 13.0 Å². The minimum atomic E-state index is -4.50. The van der Waals surface area contributed by atoms with E-state index >= 15 is 0 Å². The topological polar surface area (TPSA) is 60.6 Å². The van der Waals surface area contributed by atoms with Gasteiger partial charge in [0.1, 0.15) is 11.4 Å². The average molecular weight is 674 g/mol. The van der Waals surface area contributed by atoms with Crippen LogP contribution in [0.5, 0.6) is 0 Å². The van der Waals surface area contributed by atoms with E-state index in [-0.39, 0.29) is 4.90 Å². The van der Waals surface area contributed by atoms with Crippen molar-refractivity contribution in [1.82, 2.24) is 0 Å². The molecule has 0 atom stereocenters. The van der Waals surface area contributed by atoms with Crippen molar-refractivity contribution in [2.45, 2.75) is 72.1 Å². The molecule has 0 spiro atoms. The van der Waals surface area contributed by atoms with Gasteiger partial charge in [-0.1, -0.05) is 75.2 Å². The number of hydrogen-bond donors (Lipinski definition) is 1. The smallest absolute Gasteiger partial charge is 0.295 e. The SMILES string of the molecule is CCCCN(c1cccc(C)c1)c1ccc(/C(=C2\C=CC(=[N+](CCCC)c3cccc(C)c3)C(C)=C2)c2ccccc2S(=O)(=O)O)cc1C. The van der Waals surface area contributed by atoms with Crippen molar-refractivity contribution in [2.75, 3.05) is 18.0 Å². The van der Waals surface area contributed by atoms with Gasteiger partial charge < -0.3 is 4.90 Å². The van der Waals surface area contributed by atoms with Crippen molar-refractivity contribution in [3.05, 3.63) is 148 Å². The normalized spacial score (nSPS) is 15.2. The predicted molar refractivity (Wildman–Crippen MR) is 205 cm³/mol. The Bertz CT molecular complexity index is 2070. The Morgan fingerprint density at radius 3 is 2.14 bits per heavy atom. The highest BCUT2D eigenvalue weighted by Crippen LogP contribution is 2.38. The summed E-state index contributed by atoms with van der Waals surface area (Å²) in [5, 5.41) is 0. The van der Waals surface area contributed by atoms with Crippen LogP contribution in [0, 0.1) is 20.8 Å². The highest BCUT2D eigenvalue weighted by molar-refractivity contribution is 7.86. The van der Waals surface area contributed by atoms with E-state index in [2.05, 4.69) is 136 Å². The van der Waals surface area contributed by atoms with Crippen LogP contribution in [0.3, 0.4) is 0 Å². The number of aryl methyl sites for hydroxylation is 3. The zero-order valence-corrected chi connectivity index (χ0v) is 30.5. The fraction of sp³-hybridized carbons (Fsp3) is 0.279. The number of unbranched alkanes of at least 4 members (excludes halogenated alkanes) is 2. The molecule has 4 aromatic rings. The van der Waals surface area contributed by atoms with E-state index in [0.29, 0.717) is 5.56 Å². The summed E-state index contributed by atoms with van der Waals surface area (Å²) in [7, 11) is -4.50. The highest BCUT2D eigenvalue weighted by Gasteiger charge is 2.25. The summed E-state index contributed by atoms with van der Waals surface area (Å²) < 4.78 is 38.2. The predicted octanol–water partition coefficient (Wildman–Crippen LogP) is 10.7. The van der Waals surface area contributed by atoms with Crippen molar-refractivity contribution < 1.29 is 17.5 Å². The fourth-order valence-electron chi connectivity index (χ4n) is 6.60. The maximum Gasteiger partial charge on any atom is 0.295 e. The Morgan fingerprint density at radius 1 is 0.776 bits per heavy atom. The number of hydrogen-bond acceptors (Lipinski definition) is 3. The zero-order valence-electron chi connectivity index (χ0n) is 29.7. The van der Waals surface area contributed by atoms with Gasteiger partial charge >= 0.3 is 0 Å². The zero-order chi connectivity index (χ0) is 35.1. The summed E-state index contributed by atoms with van der Waals surface area (Å²) in [6, 6.07) is 30.3. The van der Waals surface area contributed by atoms with Gasteiger partial charge in [-0.2, -0.15) is 13.0 Å². The summed E-state index contributed by atoms with van der Waals surface area (Å²) in [5.41, 5.74) is 12.1. The molecule has 0 amide bonds. The Morgan fingerprint density at radius 2 is 1.49 bits per heavy atom. The van der Waals surface area contributed by atoms with Crippen LogP contribution in [0.4, 0.5) is 17.1 Å². The summed E-state index contributed by atoms with van der Waals surface area (Å²) in [6.45, 7) is 14.6. The first kappa shape index (κ1) is 35.8. The van der Waals surface area contributed by atoms with Gasteiger partial charge in [0, 0.05) is 53.7 Å². The van der Waals surface area contributed by atoms with E-state index in [0.717, 1.165) is 89.4 Å². The van der Waals surface area contributed by atoms with Gasteiger partial charge in [-0.05, 0) is 110 Å². The number of rotatable bonds is 12. The maximum atomic E-state index is 12.7. The van der Waals surface area contributed by atoms with E-state index in [1.807, 2.05) is 6.07 Å². The quantitative estimate of drug-likeness (QED) is 0.120. The van der Waals surface area contributed by atoms with Crippen molar-refractivity contribution >= 4 is 38.5 Å². The molecule has 0 fully saturated rings. The summed E-state index contributed by atoms with van der Waals surface area (Å²) in [5.74, 6) is 0. The molecule has 254 valence electrons. The van der Waals surface area contributed by atoms with Gasteiger partial charge in [-0.15, -0.1) is 0 Å². The molecule has 5 nitrogen and oxygen atoms in total. The molecule has 0 unspecified atom stereocenters. The van der Waals surface area contributed by atoms with Crippen molar-refractivity contribution in [2.24, 2.45) is 0 Å². The van der Waals surface area contributed by atoms with Crippen LogP contribution in [0.2, 0.25) is 0 Å². The first-order valence-corrected chi connectivity index (χ1v) is 18.8. The van der Waals surface area contributed by atoms with Gasteiger partial charge in [-0.25, -0.2) is 0 Å². The number of nitrogens with zero attached hydrogens (tertiary/aromatic N) is 2. The van der Waals surface area contributed by atoms with Crippen LogP contribution in [-0.4, -0.2) is 36.3 Å². The molecule has 0 saturated heterocycles. The summed E-state index contributed by atoms with van der Waals surface area (Å²) in [4.78, 5) is 2.26. The fourth-order valence-corrected chi connectivity index (χ4v) is 7.30. The molecular formula is C43H49N2O3S+. The summed E-state index contributed by atoms with van der Waals surface area (Å²) >= 11 is 0. The lowest BCUT2D eigenvalue weighted by molar-refractivity contribution is -0.440. The average Bonchev–Trinajstić information content (AvgIpc) is 3.06. The molecule has 4 aromatic carbocycles. The molecule has 1 N–H and O–H groups in total. The van der Waals surface area contributed by atoms with Crippen molar-refractivity contribution in [3.63, 3.8) is 0 Å². The maximum absolute atomic E-state index is 12.7. The molecule has 1 aliphatic carbocycles. The first-order valence-electron chi connectivity index (χ1n) is 17.4.